The SMILES string of the molecule is CCCNC(Cc1ccccn1)c1ccc(Br)cc1Br. The molecule has 1 heterocycles. The number of benzene rings is 1. The Bertz CT molecular complexity index is 543. The van der Waals surface area contributed by atoms with Gasteiger partial charge in [0, 0.05) is 33.3 Å². The lowest BCUT2D eigenvalue weighted by molar-refractivity contribution is 0.523. The molecule has 0 saturated carbocycles. The fraction of sp³-hybridized carbons (Fsp3) is 0.312. The van der Waals surface area contributed by atoms with Crippen LogP contribution >= 0.6 is 31.9 Å². The predicted molar refractivity (Wildman–Crippen MR) is 90.8 cm³/mol. The van der Waals surface area contributed by atoms with Crippen LogP contribution in [-0.4, -0.2) is 11.5 Å². The first-order chi connectivity index (χ1) is 9.70. The molecular formula is C16H18Br2N2. The van der Waals surface area contributed by atoms with Gasteiger partial charge in [-0.05, 0) is 42.8 Å². The first-order valence-corrected chi connectivity index (χ1v) is 8.37. The normalized spacial score (nSPS) is 12.3. The van der Waals surface area contributed by atoms with Crippen LogP contribution in [0.25, 0.3) is 0 Å². The Balaban J connectivity index is 2.22. The van der Waals surface area contributed by atoms with Crippen LogP contribution in [-0.2, 0) is 6.42 Å². The molecule has 0 fully saturated rings. The zero-order valence-corrected chi connectivity index (χ0v) is 14.6. The van der Waals surface area contributed by atoms with Crippen LogP contribution < -0.4 is 5.32 Å². The zero-order valence-electron chi connectivity index (χ0n) is 11.4. The second kappa shape index (κ2) is 7.91. The van der Waals surface area contributed by atoms with Gasteiger partial charge in [-0.25, -0.2) is 0 Å². The molecule has 0 spiro atoms. The van der Waals surface area contributed by atoms with E-state index in [2.05, 4.69) is 73.3 Å². The Morgan fingerprint density at radius 2 is 2.05 bits per heavy atom. The molecule has 1 unspecified atom stereocenters. The summed E-state index contributed by atoms with van der Waals surface area (Å²) in [4.78, 5) is 4.43. The van der Waals surface area contributed by atoms with E-state index in [9.17, 15) is 0 Å². The van der Waals surface area contributed by atoms with Crippen LogP contribution in [0.1, 0.15) is 30.6 Å². The largest absolute Gasteiger partial charge is 0.310 e. The number of nitrogens with one attached hydrogen (secondary N) is 1. The van der Waals surface area contributed by atoms with Gasteiger partial charge in [-0.1, -0.05) is 50.9 Å². The monoisotopic (exact) mass is 396 g/mol. The standard InChI is InChI=1S/C16H18Br2N2/c1-2-8-20-16(11-13-5-3-4-9-19-13)14-7-6-12(17)10-15(14)18/h3-7,9-10,16,20H,2,8,11H2,1H3. The van der Waals surface area contributed by atoms with E-state index < -0.39 is 0 Å². The predicted octanol–water partition coefficient (Wildman–Crippen LogP) is 4.89. The fourth-order valence-corrected chi connectivity index (χ4v) is 3.45. The molecule has 1 N–H and O–H groups in total. The van der Waals surface area contributed by atoms with Gasteiger partial charge in [0.15, 0.2) is 0 Å². The number of hydrogen-bond acceptors (Lipinski definition) is 2. The highest BCUT2D eigenvalue weighted by Crippen LogP contribution is 2.28. The smallest absolute Gasteiger partial charge is 0.0422 e. The number of rotatable bonds is 6. The van der Waals surface area contributed by atoms with Crippen LogP contribution in [0.4, 0.5) is 0 Å². The molecule has 2 nitrogen and oxygen atoms in total. The van der Waals surface area contributed by atoms with Crippen molar-refractivity contribution in [2.45, 2.75) is 25.8 Å². The Morgan fingerprint density at radius 3 is 2.70 bits per heavy atom. The topological polar surface area (TPSA) is 24.9 Å². The molecule has 106 valence electrons. The molecule has 0 aliphatic carbocycles. The third-order valence-electron chi connectivity index (χ3n) is 3.12. The van der Waals surface area contributed by atoms with E-state index in [0.29, 0.717) is 0 Å². The van der Waals surface area contributed by atoms with Crippen molar-refractivity contribution in [1.82, 2.24) is 10.3 Å². The molecule has 20 heavy (non-hydrogen) atoms. The van der Waals surface area contributed by atoms with Crippen LogP contribution in [0.15, 0.2) is 51.5 Å². The quantitative estimate of drug-likeness (QED) is 0.750. The van der Waals surface area contributed by atoms with Gasteiger partial charge in [-0.3, -0.25) is 4.98 Å². The minimum absolute atomic E-state index is 0.271. The number of nitrogens with zero attached hydrogens (tertiary/aromatic N) is 1. The van der Waals surface area contributed by atoms with Gasteiger partial charge in [-0.15, -0.1) is 0 Å². The number of hydrogen-bond donors (Lipinski definition) is 1. The van der Waals surface area contributed by atoms with Gasteiger partial charge >= 0.3 is 0 Å². The van der Waals surface area contributed by atoms with Crippen LogP contribution in [0.2, 0.25) is 0 Å². The lowest BCUT2D eigenvalue weighted by atomic mass is 10.0. The summed E-state index contributed by atoms with van der Waals surface area (Å²) in [6.45, 7) is 3.18. The summed E-state index contributed by atoms with van der Waals surface area (Å²) in [7, 11) is 0. The van der Waals surface area contributed by atoms with Crippen molar-refractivity contribution >= 4 is 31.9 Å². The summed E-state index contributed by atoms with van der Waals surface area (Å²) < 4.78 is 2.21. The molecule has 0 aliphatic heterocycles. The first-order valence-electron chi connectivity index (χ1n) is 6.79. The van der Waals surface area contributed by atoms with Crippen molar-refractivity contribution < 1.29 is 0 Å². The second-order valence-corrected chi connectivity index (χ2v) is 6.47. The fourth-order valence-electron chi connectivity index (χ4n) is 2.12. The minimum Gasteiger partial charge on any atom is -0.310 e. The molecule has 1 aromatic heterocycles. The molecule has 1 atom stereocenters. The van der Waals surface area contributed by atoms with Crippen molar-refractivity contribution in [2.24, 2.45) is 0 Å². The van der Waals surface area contributed by atoms with E-state index in [1.807, 2.05) is 18.3 Å². The van der Waals surface area contributed by atoms with Crippen molar-refractivity contribution in [3.8, 4) is 0 Å². The first kappa shape index (κ1) is 15.7. The average molecular weight is 398 g/mol. The van der Waals surface area contributed by atoms with Gasteiger partial charge < -0.3 is 5.32 Å². The lowest BCUT2D eigenvalue weighted by Crippen LogP contribution is -2.24. The Hall–Kier alpha value is -0.710. The third-order valence-corrected chi connectivity index (χ3v) is 4.30. The Labute approximate surface area is 137 Å². The summed E-state index contributed by atoms with van der Waals surface area (Å²) in [5, 5.41) is 3.61. The summed E-state index contributed by atoms with van der Waals surface area (Å²) in [5.41, 5.74) is 2.38. The lowest BCUT2D eigenvalue weighted by Gasteiger charge is -2.20. The molecule has 4 heteroatoms. The highest BCUT2D eigenvalue weighted by molar-refractivity contribution is 9.11. The van der Waals surface area contributed by atoms with E-state index in [0.717, 1.165) is 34.0 Å². The Morgan fingerprint density at radius 1 is 1.20 bits per heavy atom. The molecule has 2 rings (SSSR count). The van der Waals surface area contributed by atoms with E-state index in [1.165, 1.54) is 5.56 Å². The summed E-state index contributed by atoms with van der Waals surface area (Å²) >= 11 is 7.16. The van der Waals surface area contributed by atoms with Gasteiger partial charge in [0.1, 0.15) is 0 Å². The van der Waals surface area contributed by atoms with Crippen LogP contribution in [0.5, 0.6) is 0 Å². The van der Waals surface area contributed by atoms with E-state index in [-0.39, 0.29) is 6.04 Å². The maximum Gasteiger partial charge on any atom is 0.0422 e. The van der Waals surface area contributed by atoms with Crippen LogP contribution in [0, 0.1) is 0 Å². The average Bonchev–Trinajstić information content (AvgIpc) is 2.45. The van der Waals surface area contributed by atoms with Crippen LogP contribution in [0.3, 0.4) is 0 Å². The van der Waals surface area contributed by atoms with Crippen molar-refractivity contribution in [2.75, 3.05) is 6.54 Å². The molecule has 0 radical (unpaired) electrons. The molecule has 0 bridgehead atoms. The molecule has 0 amide bonds. The van der Waals surface area contributed by atoms with Gasteiger partial charge in [0.25, 0.3) is 0 Å². The molecule has 2 aromatic rings. The maximum absolute atomic E-state index is 4.43. The van der Waals surface area contributed by atoms with Gasteiger partial charge in [0.05, 0.1) is 0 Å². The van der Waals surface area contributed by atoms with Crippen molar-refractivity contribution in [3.63, 3.8) is 0 Å². The highest BCUT2D eigenvalue weighted by atomic mass is 79.9. The highest BCUT2D eigenvalue weighted by Gasteiger charge is 2.15. The number of pyridine rings is 1. The van der Waals surface area contributed by atoms with Gasteiger partial charge in [0.2, 0.25) is 0 Å². The van der Waals surface area contributed by atoms with Gasteiger partial charge in [-0.2, -0.15) is 0 Å². The second-order valence-electron chi connectivity index (χ2n) is 4.70. The summed E-state index contributed by atoms with van der Waals surface area (Å²) in [6.07, 6.45) is 3.86. The van der Waals surface area contributed by atoms with Crippen molar-refractivity contribution in [3.05, 3.63) is 62.8 Å². The molecule has 0 saturated heterocycles. The Kier molecular flexibility index (Phi) is 6.20. The third kappa shape index (κ3) is 4.40. The van der Waals surface area contributed by atoms with E-state index in [4.69, 9.17) is 0 Å². The summed E-state index contributed by atoms with van der Waals surface area (Å²) in [6, 6.07) is 12.7. The van der Waals surface area contributed by atoms with Crippen molar-refractivity contribution in [1.29, 1.82) is 0 Å². The molecular weight excluding hydrogens is 380 g/mol. The zero-order chi connectivity index (χ0) is 14.4. The molecule has 0 aliphatic rings. The van der Waals surface area contributed by atoms with E-state index in [1.54, 1.807) is 0 Å². The minimum atomic E-state index is 0.271. The number of halogens is 2. The number of aromatic nitrogens is 1. The van der Waals surface area contributed by atoms with E-state index >= 15 is 0 Å². The molecule has 1 aromatic carbocycles. The maximum atomic E-state index is 4.43. The summed E-state index contributed by atoms with van der Waals surface area (Å²) in [5.74, 6) is 0.